The summed E-state index contributed by atoms with van der Waals surface area (Å²) < 4.78 is 54.1. The van der Waals surface area contributed by atoms with Gasteiger partial charge in [0.25, 0.3) is 0 Å². The summed E-state index contributed by atoms with van der Waals surface area (Å²) in [4.78, 5) is 26.3. The van der Waals surface area contributed by atoms with E-state index >= 15 is 0 Å². The first-order valence-electron chi connectivity index (χ1n) is 25.7. The highest BCUT2D eigenvalue weighted by molar-refractivity contribution is 5.73. The third kappa shape index (κ3) is 16.6. The fourth-order valence-electron chi connectivity index (χ4n) is 9.58. The molecule has 0 saturated carbocycles. The first kappa shape index (κ1) is 54.0. The van der Waals surface area contributed by atoms with E-state index in [-0.39, 0.29) is 38.2 Å². The fraction of sp³-hybridized carbons (Fsp3) is 0.355. The molecular formula is C62H70N2O10. The SMILES string of the molecule is CC(=O)N[C@@H]1[C@@H](OCc2ccccc2)[C@H](OCc2ccccc2)[C@@H](COCc2ccccc2)O[C@@H]1C/C=C/C[C@H]1O[C@H](COCc2ccccc2)[C@@H](OCc2ccccc2)[C@H](OCc2ccccc2)[C@H]1NC(C)=O. The molecular weight excluding hydrogens is 933 g/mol. The molecule has 388 valence electrons. The van der Waals surface area contributed by atoms with Gasteiger partial charge in [-0.1, -0.05) is 194 Å². The largest absolute Gasteiger partial charge is 0.374 e. The minimum absolute atomic E-state index is 0.215. The van der Waals surface area contributed by atoms with Crippen LogP contribution in [0.1, 0.15) is 60.1 Å². The summed E-state index contributed by atoms with van der Waals surface area (Å²) in [6.07, 6.45) is 0.176. The highest BCUT2D eigenvalue weighted by atomic mass is 16.6. The summed E-state index contributed by atoms with van der Waals surface area (Å²) in [7, 11) is 0. The molecule has 0 spiro atoms. The summed E-state index contributed by atoms with van der Waals surface area (Å²) in [6.45, 7) is 5.38. The first-order chi connectivity index (χ1) is 36.4. The van der Waals surface area contributed by atoms with Crippen molar-refractivity contribution in [3.63, 3.8) is 0 Å². The van der Waals surface area contributed by atoms with Crippen LogP contribution in [-0.4, -0.2) is 85.9 Å². The van der Waals surface area contributed by atoms with E-state index in [1.165, 1.54) is 13.8 Å². The van der Waals surface area contributed by atoms with Gasteiger partial charge in [-0.25, -0.2) is 0 Å². The van der Waals surface area contributed by atoms with Crippen LogP contribution >= 0.6 is 0 Å². The van der Waals surface area contributed by atoms with E-state index in [2.05, 4.69) is 10.6 Å². The minimum atomic E-state index is -0.627. The van der Waals surface area contributed by atoms with Crippen LogP contribution in [0.4, 0.5) is 0 Å². The second-order valence-electron chi connectivity index (χ2n) is 18.9. The number of ether oxygens (including phenoxy) is 8. The zero-order chi connectivity index (χ0) is 51.2. The van der Waals surface area contributed by atoms with E-state index in [4.69, 9.17) is 37.9 Å². The van der Waals surface area contributed by atoms with E-state index in [9.17, 15) is 9.59 Å². The van der Waals surface area contributed by atoms with Crippen molar-refractivity contribution in [2.75, 3.05) is 13.2 Å². The Balaban J connectivity index is 1.06. The second kappa shape index (κ2) is 28.9. The number of hydrogen-bond acceptors (Lipinski definition) is 10. The third-order valence-corrected chi connectivity index (χ3v) is 13.2. The molecule has 0 aliphatic carbocycles. The van der Waals surface area contributed by atoms with Crippen molar-refractivity contribution in [2.24, 2.45) is 0 Å². The average Bonchev–Trinajstić information content (AvgIpc) is 3.43. The average molecular weight is 1000 g/mol. The highest BCUT2D eigenvalue weighted by Gasteiger charge is 2.49. The van der Waals surface area contributed by atoms with Gasteiger partial charge >= 0.3 is 0 Å². The molecule has 0 aromatic heterocycles. The summed E-state index contributed by atoms with van der Waals surface area (Å²) in [5, 5.41) is 6.41. The Bertz CT molecular complexity index is 2380. The first-order valence-corrected chi connectivity index (χ1v) is 25.7. The van der Waals surface area contributed by atoms with Crippen molar-refractivity contribution < 1.29 is 47.5 Å². The van der Waals surface area contributed by atoms with Crippen molar-refractivity contribution in [2.45, 2.75) is 127 Å². The van der Waals surface area contributed by atoms with Gasteiger partial charge in [-0.3, -0.25) is 9.59 Å². The zero-order valence-electron chi connectivity index (χ0n) is 42.4. The van der Waals surface area contributed by atoms with Crippen molar-refractivity contribution in [3.05, 3.63) is 228 Å². The van der Waals surface area contributed by atoms with Gasteiger partial charge in [0.05, 0.1) is 77.1 Å². The molecule has 2 aliphatic heterocycles. The zero-order valence-corrected chi connectivity index (χ0v) is 42.4. The van der Waals surface area contributed by atoms with Crippen LogP contribution in [0.25, 0.3) is 0 Å². The lowest BCUT2D eigenvalue weighted by Gasteiger charge is -2.47. The van der Waals surface area contributed by atoms with E-state index in [1.807, 2.05) is 194 Å². The van der Waals surface area contributed by atoms with Crippen molar-refractivity contribution >= 4 is 11.8 Å². The van der Waals surface area contributed by atoms with Crippen LogP contribution in [-0.2, 0) is 87.1 Å². The molecule has 2 N–H and O–H groups in total. The van der Waals surface area contributed by atoms with Crippen LogP contribution in [0.3, 0.4) is 0 Å². The molecule has 10 atom stereocenters. The molecule has 74 heavy (non-hydrogen) atoms. The van der Waals surface area contributed by atoms with Crippen LogP contribution < -0.4 is 10.6 Å². The Morgan fingerprint density at radius 3 is 0.905 bits per heavy atom. The van der Waals surface area contributed by atoms with Crippen molar-refractivity contribution in [1.82, 2.24) is 10.6 Å². The van der Waals surface area contributed by atoms with E-state index in [1.54, 1.807) is 0 Å². The number of hydrogen-bond donors (Lipinski definition) is 2. The summed E-state index contributed by atoms with van der Waals surface area (Å²) >= 11 is 0. The Labute approximate surface area is 436 Å². The fourth-order valence-corrected chi connectivity index (χ4v) is 9.58. The number of benzene rings is 6. The molecule has 2 amide bonds. The minimum Gasteiger partial charge on any atom is -0.374 e. The molecule has 0 bridgehead atoms. The van der Waals surface area contributed by atoms with Gasteiger partial charge in [-0.05, 0) is 46.2 Å². The molecule has 6 aromatic rings. The lowest BCUT2D eigenvalue weighted by molar-refractivity contribution is -0.232. The monoisotopic (exact) mass is 1000 g/mol. The van der Waals surface area contributed by atoms with Gasteiger partial charge in [0.1, 0.15) is 36.6 Å². The van der Waals surface area contributed by atoms with Gasteiger partial charge in [0.15, 0.2) is 0 Å². The predicted molar refractivity (Wildman–Crippen MR) is 283 cm³/mol. The summed E-state index contributed by atoms with van der Waals surface area (Å²) in [5.74, 6) is -0.442. The standard InChI is InChI=1S/C62H70N2O10/c1-45(65)63-57-53(73-55(43-67-37-47-23-9-3-10-24-47)59(69-39-49-27-13-5-14-28-49)61(57)71-41-51-31-17-7-18-32-51)35-21-22-36-54-58(64-46(2)66)62(72-42-52-33-19-8-20-34-52)60(70-40-50-29-15-6-16-30-50)56(74-54)44-68-38-48-25-11-4-12-26-48/h3-34,53-62H,35-44H2,1-2H3,(H,63,65)(H,64,66)/b22-21+/t53-,54-,55-,56-,57+,58+,59-,60-,61-,62-/m1/s1. The van der Waals surface area contributed by atoms with Gasteiger partial charge in [0, 0.05) is 13.8 Å². The quantitative estimate of drug-likeness (QED) is 0.0507. The van der Waals surface area contributed by atoms with E-state index < -0.39 is 60.9 Å². The molecule has 12 nitrogen and oxygen atoms in total. The Morgan fingerprint density at radius 2 is 0.635 bits per heavy atom. The lowest BCUT2D eigenvalue weighted by Crippen LogP contribution is -2.65. The number of carbonyl (C=O) groups is 2. The summed E-state index contributed by atoms with van der Waals surface area (Å²) in [6, 6.07) is 58.7. The maximum Gasteiger partial charge on any atom is 0.217 e. The van der Waals surface area contributed by atoms with Crippen molar-refractivity contribution in [3.8, 4) is 0 Å². The van der Waals surface area contributed by atoms with Crippen LogP contribution in [0.5, 0.6) is 0 Å². The molecule has 8 rings (SSSR count). The maximum absolute atomic E-state index is 13.2. The third-order valence-electron chi connectivity index (χ3n) is 13.2. The van der Waals surface area contributed by atoms with E-state index in [0.717, 1.165) is 33.4 Å². The smallest absolute Gasteiger partial charge is 0.217 e. The molecule has 6 aromatic carbocycles. The lowest BCUT2D eigenvalue weighted by atomic mass is 9.89. The molecule has 12 heteroatoms. The maximum atomic E-state index is 13.2. The predicted octanol–water partition coefficient (Wildman–Crippen LogP) is 9.64. The normalized spacial score (nSPS) is 23.8. The Morgan fingerprint density at radius 1 is 0.378 bits per heavy atom. The van der Waals surface area contributed by atoms with Crippen LogP contribution in [0.15, 0.2) is 194 Å². The number of rotatable bonds is 26. The number of nitrogens with one attached hydrogen (secondary N) is 2. The highest BCUT2D eigenvalue weighted by Crippen LogP contribution is 2.33. The summed E-state index contributed by atoms with van der Waals surface area (Å²) in [5.41, 5.74) is 6.03. The molecule has 0 radical (unpaired) electrons. The molecule has 2 aliphatic rings. The topological polar surface area (TPSA) is 132 Å². The van der Waals surface area contributed by atoms with Crippen LogP contribution in [0, 0.1) is 0 Å². The van der Waals surface area contributed by atoms with Gasteiger partial charge in [-0.2, -0.15) is 0 Å². The Kier molecular flexibility index (Phi) is 21.1. The van der Waals surface area contributed by atoms with Gasteiger partial charge in [-0.15, -0.1) is 0 Å². The molecule has 2 fully saturated rings. The van der Waals surface area contributed by atoms with Gasteiger partial charge in [0.2, 0.25) is 11.8 Å². The van der Waals surface area contributed by atoms with Gasteiger partial charge < -0.3 is 48.5 Å². The number of carbonyl (C=O) groups excluding carboxylic acids is 2. The molecule has 2 heterocycles. The van der Waals surface area contributed by atoms with Crippen LogP contribution in [0.2, 0.25) is 0 Å². The second-order valence-corrected chi connectivity index (χ2v) is 18.9. The molecule has 0 unspecified atom stereocenters. The number of amides is 2. The molecule has 2 saturated heterocycles. The Hall–Kier alpha value is -6.32. The van der Waals surface area contributed by atoms with Crippen molar-refractivity contribution in [1.29, 1.82) is 0 Å². The van der Waals surface area contributed by atoms with E-state index in [0.29, 0.717) is 39.3 Å².